The van der Waals surface area contributed by atoms with E-state index in [0.29, 0.717) is 12.2 Å². The molecule has 22 heavy (non-hydrogen) atoms. The molecule has 0 radical (unpaired) electrons. The summed E-state index contributed by atoms with van der Waals surface area (Å²) >= 11 is 5.67. The number of rotatable bonds is 6. The maximum atomic E-state index is 13.0. The molecule has 1 amide bonds. The van der Waals surface area contributed by atoms with Gasteiger partial charge < -0.3 is 15.4 Å². The van der Waals surface area contributed by atoms with Crippen LogP contribution in [0.5, 0.6) is 5.75 Å². The maximum absolute atomic E-state index is 13.0. The molecule has 0 saturated heterocycles. The number of methoxy groups -OCH3 is 1. The molecule has 0 bridgehead atoms. The van der Waals surface area contributed by atoms with E-state index in [1.54, 1.807) is 7.11 Å². The van der Waals surface area contributed by atoms with E-state index in [2.05, 4.69) is 10.6 Å². The summed E-state index contributed by atoms with van der Waals surface area (Å²) in [5.41, 5.74) is 1.53. The minimum atomic E-state index is -0.491. The van der Waals surface area contributed by atoms with Crippen molar-refractivity contribution in [1.82, 2.24) is 5.32 Å². The zero-order valence-electron chi connectivity index (χ0n) is 12.0. The summed E-state index contributed by atoms with van der Waals surface area (Å²) in [5.74, 6) is 0.0730. The molecular weight excluding hydrogens is 307 g/mol. The van der Waals surface area contributed by atoms with Crippen LogP contribution < -0.4 is 15.4 Å². The third-order valence-corrected chi connectivity index (χ3v) is 3.29. The van der Waals surface area contributed by atoms with Gasteiger partial charge in [-0.2, -0.15) is 0 Å². The van der Waals surface area contributed by atoms with Crippen LogP contribution in [0.15, 0.2) is 42.5 Å². The molecule has 2 aromatic carbocycles. The number of benzene rings is 2. The van der Waals surface area contributed by atoms with Gasteiger partial charge >= 0.3 is 0 Å². The first kappa shape index (κ1) is 16.1. The molecule has 2 aromatic rings. The molecule has 116 valence electrons. The lowest BCUT2D eigenvalue weighted by Gasteiger charge is -2.09. The third kappa shape index (κ3) is 4.63. The Morgan fingerprint density at radius 2 is 2.09 bits per heavy atom. The van der Waals surface area contributed by atoms with Gasteiger partial charge in [-0.3, -0.25) is 4.79 Å². The number of ether oxygens (including phenoxy) is 1. The van der Waals surface area contributed by atoms with Crippen molar-refractivity contribution in [2.75, 3.05) is 19.0 Å². The Balaban J connectivity index is 1.81. The molecule has 0 unspecified atom stereocenters. The van der Waals surface area contributed by atoms with Gasteiger partial charge in [0.25, 0.3) is 0 Å². The van der Waals surface area contributed by atoms with E-state index in [1.165, 1.54) is 18.2 Å². The molecule has 0 aromatic heterocycles. The van der Waals surface area contributed by atoms with Crippen LogP contribution in [-0.2, 0) is 11.3 Å². The fraction of sp³-hybridized carbons (Fsp3) is 0.188. The van der Waals surface area contributed by atoms with Crippen molar-refractivity contribution in [3.05, 3.63) is 58.9 Å². The Morgan fingerprint density at radius 1 is 1.27 bits per heavy atom. The van der Waals surface area contributed by atoms with E-state index in [9.17, 15) is 9.18 Å². The SMILES string of the molecule is COc1cccc(CNC(=O)CNc2ccc(F)c(Cl)c2)c1. The Labute approximate surface area is 133 Å². The predicted molar refractivity (Wildman–Crippen MR) is 84.7 cm³/mol. The van der Waals surface area contributed by atoms with Gasteiger partial charge in [-0.25, -0.2) is 4.39 Å². The normalized spacial score (nSPS) is 10.1. The summed E-state index contributed by atoms with van der Waals surface area (Å²) in [5, 5.41) is 5.68. The summed E-state index contributed by atoms with van der Waals surface area (Å²) in [6.07, 6.45) is 0. The predicted octanol–water partition coefficient (Wildman–Crippen LogP) is 3.22. The first-order valence-corrected chi connectivity index (χ1v) is 7.05. The number of hydrogen-bond acceptors (Lipinski definition) is 3. The number of halogens is 2. The first-order chi connectivity index (χ1) is 10.6. The number of anilines is 1. The van der Waals surface area contributed by atoms with Crippen molar-refractivity contribution in [3.8, 4) is 5.75 Å². The van der Waals surface area contributed by atoms with Gasteiger partial charge in [-0.15, -0.1) is 0 Å². The molecule has 2 N–H and O–H groups in total. The van der Waals surface area contributed by atoms with Crippen molar-refractivity contribution in [3.63, 3.8) is 0 Å². The summed E-state index contributed by atoms with van der Waals surface area (Å²) < 4.78 is 18.1. The summed E-state index contributed by atoms with van der Waals surface area (Å²) in [4.78, 5) is 11.8. The molecule has 0 aliphatic carbocycles. The van der Waals surface area contributed by atoms with Crippen LogP contribution in [0.2, 0.25) is 5.02 Å². The van der Waals surface area contributed by atoms with Crippen LogP contribution in [0.25, 0.3) is 0 Å². The van der Waals surface area contributed by atoms with Crippen molar-refractivity contribution in [2.24, 2.45) is 0 Å². The van der Waals surface area contributed by atoms with Crippen LogP contribution >= 0.6 is 11.6 Å². The highest BCUT2D eigenvalue weighted by atomic mass is 35.5. The highest BCUT2D eigenvalue weighted by molar-refractivity contribution is 6.31. The fourth-order valence-electron chi connectivity index (χ4n) is 1.83. The Kier molecular flexibility index (Phi) is 5.61. The Bertz CT molecular complexity index is 664. The molecule has 4 nitrogen and oxygen atoms in total. The van der Waals surface area contributed by atoms with Gasteiger partial charge in [0.1, 0.15) is 11.6 Å². The van der Waals surface area contributed by atoms with Crippen molar-refractivity contribution < 1.29 is 13.9 Å². The molecule has 0 saturated carbocycles. The van der Waals surface area contributed by atoms with Crippen LogP contribution in [0.4, 0.5) is 10.1 Å². The van der Waals surface area contributed by atoms with Crippen LogP contribution in [-0.4, -0.2) is 19.6 Å². The number of amides is 1. The quantitative estimate of drug-likeness (QED) is 0.858. The number of nitrogens with one attached hydrogen (secondary N) is 2. The zero-order valence-corrected chi connectivity index (χ0v) is 12.8. The van der Waals surface area contributed by atoms with Crippen LogP contribution in [0.1, 0.15) is 5.56 Å². The van der Waals surface area contributed by atoms with E-state index in [4.69, 9.17) is 16.3 Å². The molecule has 0 heterocycles. The minimum Gasteiger partial charge on any atom is -0.497 e. The molecule has 0 aliphatic rings. The fourth-order valence-corrected chi connectivity index (χ4v) is 2.01. The highest BCUT2D eigenvalue weighted by Crippen LogP contribution is 2.19. The van der Waals surface area contributed by atoms with Gasteiger partial charge in [0.2, 0.25) is 5.91 Å². The molecule has 0 atom stereocenters. The largest absolute Gasteiger partial charge is 0.497 e. The second kappa shape index (κ2) is 7.66. The van der Waals surface area contributed by atoms with E-state index in [1.807, 2.05) is 24.3 Å². The molecule has 0 aliphatic heterocycles. The molecule has 0 spiro atoms. The average Bonchev–Trinajstić information content (AvgIpc) is 2.54. The third-order valence-electron chi connectivity index (χ3n) is 3.00. The second-order valence-corrected chi connectivity index (χ2v) is 5.02. The van der Waals surface area contributed by atoms with Crippen molar-refractivity contribution >= 4 is 23.2 Å². The van der Waals surface area contributed by atoms with Gasteiger partial charge in [-0.1, -0.05) is 23.7 Å². The summed E-state index contributed by atoms with van der Waals surface area (Å²) in [6, 6.07) is 11.7. The van der Waals surface area contributed by atoms with Crippen molar-refractivity contribution in [1.29, 1.82) is 0 Å². The van der Waals surface area contributed by atoms with E-state index < -0.39 is 5.82 Å². The topological polar surface area (TPSA) is 50.4 Å². The monoisotopic (exact) mass is 322 g/mol. The average molecular weight is 323 g/mol. The minimum absolute atomic E-state index is 0.0155. The first-order valence-electron chi connectivity index (χ1n) is 6.67. The van der Waals surface area contributed by atoms with Crippen LogP contribution in [0.3, 0.4) is 0 Å². The lowest BCUT2D eigenvalue weighted by Crippen LogP contribution is -2.29. The van der Waals surface area contributed by atoms with Gasteiger partial charge in [0.15, 0.2) is 0 Å². The van der Waals surface area contributed by atoms with Gasteiger partial charge in [0.05, 0.1) is 18.7 Å². The van der Waals surface area contributed by atoms with Gasteiger partial charge in [-0.05, 0) is 35.9 Å². The molecule has 6 heteroatoms. The standard InChI is InChI=1S/C16H16ClFN2O2/c1-22-13-4-2-3-11(7-13)9-20-16(21)10-19-12-5-6-15(18)14(17)8-12/h2-8,19H,9-10H2,1H3,(H,20,21). The van der Waals surface area contributed by atoms with Crippen LogP contribution in [0, 0.1) is 5.82 Å². The van der Waals surface area contributed by atoms with E-state index >= 15 is 0 Å². The molecular formula is C16H16ClFN2O2. The number of hydrogen-bond donors (Lipinski definition) is 2. The smallest absolute Gasteiger partial charge is 0.239 e. The Hall–Kier alpha value is -2.27. The lowest BCUT2D eigenvalue weighted by atomic mass is 10.2. The lowest BCUT2D eigenvalue weighted by molar-refractivity contribution is -0.119. The number of carbonyl (C=O) groups is 1. The zero-order chi connectivity index (χ0) is 15.9. The van der Waals surface area contributed by atoms with E-state index in [-0.39, 0.29) is 17.5 Å². The van der Waals surface area contributed by atoms with Crippen molar-refractivity contribution in [2.45, 2.75) is 6.54 Å². The maximum Gasteiger partial charge on any atom is 0.239 e. The molecule has 0 fully saturated rings. The summed E-state index contributed by atoms with van der Waals surface area (Å²) in [7, 11) is 1.59. The molecule has 2 rings (SSSR count). The van der Waals surface area contributed by atoms with E-state index in [0.717, 1.165) is 11.3 Å². The number of carbonyl (C=O) groups excluding carboxylic acids is 1. The van der Waals surface area contributed by atoms with Gasteiger partial charge in [0, 0.05) is 12.2 Å². The second-order valence-electron chi connectivity index (χ2n) is 4.61. The highest BCUT2D eigenvalue weighted by Gasteiger charge is 2.04. The summed E-state index contributed by atoms with van der Waals surface area (Å²) in [6.45, 7) is 0.480. The Morgan fingerprint density at radius 3 is 2.82 bits per heavy atom.